The molecular weight excluding hydrogens is 238 g/mol. The number of nitrogens with two attached hydrogens (primary N) is 1. The van der Waals surface area contributed by atoms with Gasteiger partial charge >= 0.3 is 11.9 Å². The predicted molar refractivity (Wildman–Crippen MR) is 61.8 cm³/mol. The second-order valence-electron chi connectivity index (χ2n) is 3.79. The van der Waals surface area contributed by atoms with E-state index < -0.39 is 18.0 Å². The number of ether oxygens (including phenoxy) is 3. The van der Waals surface area contributed by atoms with Crippen molar-refractivity contribution < 1.29 is 23.8 Å². The van der Waals surface area contributed by atoms with Crippen molar-refractivity contribution in [2.24, 2.45) is 0 Å². The van der Waals surface area contributed by atoms with Crippen LogP contribution >= 0.6 is 0 Å². The summed E-state index contributed by atoms with van der Waals surface area (Å²) in [5.74, 6) is -0.596. The van der Waals surface area contributed by atoms with Gasteiger partial charge in [-0.15, -0.1) is 0 Å². The lowest BCUT2D eigenvalue weighted by Gasteiger charge is -2.09. The second kappa shape index (κ2) is 5.39. The van der Waals surface area contributed by atoms with Crippen LogP contribution in [0.4, 0.5) is 5.69 Å². The van der Waals surface area contributed by atoms with Crippen LogP contribution in [0.25, 0.3) is 0 Å². The van der Waals surface area contributed by atoms with Crippen molar-refractivity contribution >= 4 is 17.6 Å². The molecule has 18 heavy (non-hydrogen) atoms. The summed E-state index contributed by atoms with van der Waals surface area (Å²) in [6.07, 6.45) is -0.403. The molecule has 0 aromatic heterocycles. The van der Waals surface area contributed by atoms with Crippen LogP contribution in [0, 0.1) is 0 Å². The molecule has 1 aliphatic rings. The van der Waals surface area contributed by atoms with Crippen molar-refractivity contribution in [3.8, 4) is 5.75 Å². The predicted octanol–water partition coefficient (Wildman–Crippen LogP) is 0.506. The first-order chi connectivity index (χ1) is 8.65. The summed E-state index contributed by atoms with van der Waals surface area (Å²) < 4.78 is 14.8. The van der Waals surface area contributed by atoms with Gasteiger partial charge in [0, 0.05) is 12.1 Å². The average molecular weight is 251 g/mol. The normalized spacial score (nSPS) is 18.2. The number of hydrogen-bond donors (Lipinski definition) is 1. The van der Waals surface area contributed by atoms with Crippen LogP contribution in [0.15, 0.2) is 24.3 Å². The standard InChI is InChI=1S/C12H13NO5/c13-8-1-3-9(4-2-8)17-7-11(14)18-10-5-6-16-12(10)15/h1-4,10H,5-7,13H2. The van der Waals surface area contributed by atoms with Crippen LogP contribution in [-0.4, -0.2) is 31.3 Å². The number of carbonyl (C=O) groups is 2. The first-order valence-electron chi connectivity index (χ1n) is 5.49. The Hall–Kier alpha value is -2.24. The molecule has 1 unspecified atom stereocenters. The van der Waals surface area contributed by atoms with Gasteiger partial charge in [0.05, 0.1) is 6.61 Å². The van der Waals surface area contributed by atoms with Gasteiger partial charge in [-0.1, -0.05) is 0 Å². The maximum absolute atomic E-state index is 11.4. The number of cyclic esters (lactones) is 1. The van der Waals surface area contributed by atoms with Crippen LogP contribution in [0.5, 0.6) is 5.75 Å². The van der Waals surface area contributed by atoms with Gasteiger partial charge < -0.3 is 19.9 Å². The van der Waals surface area contributed by atoms with Crippen molar-refractivity contribution in [2.75, 3.05) is 18.9 Å². The van der Waals surface area contributed by atoms with Gasteiger partial charge in [-0.25, -0.2) is 9.59 Å². The summed E-state index contributed by atoms with van der Waals surface area (Å²) in [5, 5.41) is 0. The highest BCUT2D eigenvalue weighted by atomic mass is 16.6. The number of anilines is 1. The molecular formula is C12H13NO5. The molecule has 1 atom stereocenters. The lowest BCUT2D eigenvalue weighted by Crippen LogP contribution is -2.26. The number of benzene rings is 1. The summed E-state index contributed by atoms with van der Waals surface area (Å²) in [7, 11) is 0. The molecule has 0 aliphatic carbocycles. The minimum absolute atomic E-state index is 0.256. The molecule has 1 fully saturated rings. The number of esters is 2. The quantitative estimate of drug-likeness (QED) is 0.619. The topological polar surface area (TPSA) is 87.8 Å². The van der Waals surface area contributed by atoms with Gasteiger partial charge in [-0.05, 0) is 24.3 Å². The van der Waals surface area contributed by atoms with E-state index in [1.54, 1.807) is 24.3 Å². The van der Waals surface area contributed by atoms with Crippen LogP contribution in [-0.2, 0) is 19.1 Å². The molecule has 0 amide bonds. The maximum Gasteiger partial charge on any atom is 0.347 e. The highest BCUT2D eigenvalue weighted by molar-refractivity contribution is 5.81. The fourth-order valence-electron chi connectivity index (χ4n) is 1.48. The van der Waals surface area contributed by atoms with E-state index in [1.165, 1.54) is 0 Å². The lowest BCUT2D eigenvalue weighted by molar-refractivity contribution is -0.161. The van der Waals surface area contributed by atoms with Gasteiger partial charge in [-0.2, -0.15) is 0 Å². The van der Waals surface area contributed by atoms with Crippen molar-refractivity contribution in [3.63, 3.8) is 0 Å². The van der Waals surface area contributed by atoms with Crippen LogP contribution in [0.1, 0.15) is 6.42 Å². The van der Waals surface area contributed by atoms with Crippen molar-refractivity contribution in [2.45, 2.75) is 12.5 Å². The van der Waals surface area contributed by atoms with Crippen LogP contribution in [0.2, 0.25) is 0 Å². The molecule has 1 aromatic rings. The summed E-state index contributed by atoms with van der Waals surface area (Å²) in [4.78, 5) is 22.5. The first kappa shape index (κ1) is 12.2. The molecule has 6 heteroatoms. The summed E-state index contributed by atoms with van der Waals surface area (Å²) in [6.45, 7) is 0.0310. The van der Waals surface area contributed by atoms with E-state index in [0.29, 0.717) is 17.9 Å². The van der Waals surface area contributed by atoms with Crippen LogP contribution in [0.3, 0.4) is 0 Å². The smallest absolute Gasteiger partial charge is 0.347 e. The minimum Gasteiger partial charge on any atom is -0.482 e. The third kappa shape index (κ3) is 3.13. The van der Waals surface area contributed by atoms with Gasteiger partial charge in [0.1, 0.15) is 5.75 Å². The van der Waals surface area contributed by atoms with E-state index in [2.05, 4.69) is 4.74 Å². The Kier molecular flexibility index (Phi) is 3.66. The SMILES string of the molecule is Nc1ccc(OCC(=O)OC2CCOC2=O)cc1. The van der Waals surface area contributed by atoms with Gasteiger partial charge in [0.15, 0.2) is 6.61 Å². The molecule has 2 N–H and O–H groups in total. The number of hydrogen-bond acceptors (Lipinski definition) is 6. The zero-order valence-electron chi connectivity index (χ0n) is 9.63. The zero-order chi connectivity index (χ0) is 13.0. The van der Waals surface area contributed by atoms with E-state index in [-0.39, 0.29) is 13.2 Å². The number of rotatable bonds is 4. The fraction of sp³-hybridized carbons (Fsp3) is 0.333. The average Bonchev–Trinajstić information content (AvgIpc) is 2.74. The molecule has 96 valence electrons. The Labute approximate surface area is 104 Å². The molecule has 1 aliphatic heterocycles. The molecule has 1 saturated heterocycles. The van der Waals surface area contributed by atoms with Crippen molar-refractivity contribution in [1.29, 1.82) is 0 Å². The Morgan fingerprint density at radius 1 is 1.39 bits per heavy atom. The third-order valence-electron chi connectivity index (χ3n) is 2.40. The number of carbonyl (C=O) groups excluding carboxylic acids is 2. The minimum atomic E-state index is -0.799. The van der Waals surface area contributed by atoms with Gasteiger partial charge in [0.25, 0.3) is 0 Å². The largest absolute Gasteiger partial charge is 0.482 e. The molecule has 0 bridgehead atoms. The Balaban J connectivity index is 1.78. The first-order valence-corrected chi connectivity index (χ1v) is 5.49. The zero-order valence-corrected chi connectivity index (χ0v) is 9.63. The van der Waals surface area contributed by atoms with Crippen molar-refractivity contribution in [3.05, 3.63) is 24.3 Å². The van der Waals surface area contributed by atoms with E-state index in [4.69, 9.17) is 15.2 Å². The highest BCUT2D eigenvalue weighted by Gasteiger charge is 2.30. The molecule has 0 radical (unpaired) electrons. The van der Waals surface area contributed by atoms with E-state index in [9.17, 15) is 9.59 Å². The molecule has 6 nitrogen and oxygen atoms in total. The maximum atomic E-state index is 11.4. The second-order valence-corrected chi connectivity index (χ2v) is 3.79. The third-order valence-corrected chi connectivity index (χ3v) is 2.40. The fourth-order valence-corrected chi connectivity index (χ4v) is 1.48. The molecule has 1 heterocycles. The van der Waals surface area contributed by atoms with E-state index in [1.807, 2.05) is 0 Å². The summed E-state index contributed by atoms with van der Waals surface area (Å²) in [6, 6.07) is 6.61. The summed E-state index contributed by atoms with van der Waals surface area (Å²) in [5.41, 5.74) is 6.12. The van der Waals surface area contributed by atoms with Crippen molar-refractivity contribution in [1.82, 2.24) is 0 Å². The lowest BCUT2D eigenvalue weighted by atomic mass is 10.3. The van der Waals surface area contributed by atoms with E-state index in [0.717, 1.165) is 0 Å². The van der Waals surface area contributed by atoms with Gasteiger partial charge in [-0.3, -0.25) is 0 Å². The summed E-state index contributed by atoms with van der Waals surface area (Å²) >= 11 is 0. The van der Waals surface area contributed by atoms with E-state index >= 15 is 0 Å². The molecule has 0 spiro atoms. The van der Waals surface area contributed by atoms with Gasteiger partial charge in [0.2, 0.25) is 6.10 Å². The number of nitrogen functional groups attached to an aromatic ring is 1. The molecule has 0 saturated carbocycles. The van der Waals surface area contributed by atoms with Crippen LogP contribution < -0.4 is 10.5 Å². The molecule has 2 rings (SSSR count). The Morgan fingerprint density at radius 3 is 2.72 bits per heavy atom. The Morgan fingerprint density at radius 2 is 2.11 bits per heavy atom. The molecule has 1 aromatic carbocycles. The highest BCUT2D eigenvalue weighted by Crippen LogP contribution is 2.14. The monoisotopic (exact) mass is 251 g/mol. The Bertz CT molecular complexity index is 442.